The lowest BCUT2D eigenvalue weighted by Gasteiger charge is -2.20. The molecular formula is C108H82N10. The van der Waals surface area contributed by atoms with Crippen LogP contribution in [0.1, 0.15) is 89.5 Å². The number of nitrogens with one attached hydrogen (secondary N) is 2. The summed E-state index contributed by atoms with van der Waals surface area (Å²) in [5, 5.41) is 0. The Hall–Kier alpha value is -15.0. The van der Waals surface area contributed by atoms with E-state index in [0.29, 0.717) is 13.1 Å². The van der Waals surface area contributed by atoms with Crippen molar-refractivity contribution in [2.45, 2.75) is 54.6 Å². The Bertz CT molecular complexity index is 6830. The van der Waals surface area contributed by atoms with Crippen LogP contribution in [0.3, 0.4) is 0 Å². The van der Waals surface area contributed by atoms with Crippen LogP contribution in [0.4, 0.5) is 0 Å². The van der Waals surface area contributed by atoms with Gasteiger partial charge in [-0.2, -0.15) is 0 Å². The number of aryl methyl sites for hydroxylation is 6. The van der Waals surface area contributed by atoms with Crippen LogP contribution in [0.15, 0.2) is 382 Å². The van der Waals surface area contributed by atoms with Gasteiger partial charge in [-0.3, -0.25) is 0 Å². The molecule has 0 spiro atoms. The maximum Gasteiger partial charge on any atom is 0.0738 e. The molecule has 8 aromatic carbocycles. The molecule has 0 unspecified atom stereocenters. The second-order valence-corrected chi connectivity index (χ2v) is 31.4. The van der Waals surface area contributed by atoms with Crippen molar-refractivity contribution in [3.05, 3.63) is 452 Å². The first kappa shape index (κ1) is 72.0. The highest BCUT2D eigenvalue weighted by atomic mass is 15.1. The van der Waals surface area contributed by atoms with Crippen LogP contribution < -0.4 is 0 Å². The van der Waals surface area contributed by atoms with Gasteiger partial charge in [0.1, 0.15) is 0 Å². The van der Waals surface area contributed by atoms with Crippen molar-refractivity contribution in [1.29, 1.82) is 0 Å². The number of aromatic amines is 2. The summed E-state index contributed by atoms with van der Waals surface area (Å²) < 4.78 is 0. The highest BCUT2D eigenvalue weighted by molar-refractivity contribution is 6.40. The highest BCUT2D eigenvalue weighted by Crippen LogP contribution is 2.43. The number of H-pyrrole nitrogens is 2. The lowest BCUT2D eigenvalue weighted by atomic mass is 9.97. The van der Waals surface area contributed by atoms with E-state index in [2.05, 4.69) is 414 Å². The monoisotopic (exact) mass is 1520 g/mol. The largest absolute Gasteiger partial charge is 0.354 e. The SMILES string of the molecule is Cc1ccc(C2=C3C=CC(=N3)C(c3ccc(C)cc3)=C3C=CC(=N3)C(c3ccc(CN4C=CC(=CC=C5C=CN(Cc6ccc(-c7c8nc(c(-c9ccc(C)cc9)c9nc(c(-c%10ccc(C)cc%10)c%10ccc([nH]%10)c(-c%10ccc(C)cc%10)c%10ccc7[nH]%10)C=C9)C=C8)cc6)C=C5)C=C4)cc3)=C3C=CC(=N3)C(c3ccc(C)cc3)=C3C=CC2=N3)cc1. The predicted octanol–water partition coefficient (Wildman–Crippen LogP) is 25.4. The molecule has 3 aromatic heterocycles. The fourth-order valence-corrected chi connectivity index (χ4v) is 16.6. The third kappa shape index (κ3) is 14.3. The van der Waals surface area contributed by atoms with Gasteiger partial charge in [0, 0.05) is 105 Å². The molecule has 0 saturated heterocycles. The minimum Gasteiger partial charge on any atom is -0.354 e. The molecule has 118 heavy (non-hydrogen) atoms. The molecule has 0 radical (unpaired) electrons. The average Bonchev–Trinajstić information content (AvgIpc) is 1.61. The van der Waals surface area contributed by atoms with Crippen LogP contribution in [0.2, 0.25) is 0 Å². The Morgan fingerprint density at radius 2 is 0.475 bits per heavy atom. The Labute approximate surface area is 687 Å². The summed E-state index contributed by atoms with van der Waals surface area (Å²) >= 11 is 0. The van der Waals surface area contributed by atoms with Crippen molar-refractivity contribution in [2.24, 2.45) is 20.0 Å². The molecule has 9 aliphatic heterocycles. The third-order valence-corrected chi connectivity index (χ3v) is 22.9. The van der Waals surface area contributed by atoms with Gasteiger partial charge in [-0.15, -0.1) is 0 Å². The van der Waals surface area contributed by atoms with E-state index in [-0.39, 0.29) is 0 Å². The lowest BCUT2D eigenvalue weighted by molar-refractivity contribution is 0.497. The normalized spacial score (nSPS) is 15.6. The molecule has 16 bridgehead atoms. The van der Waals surface area contributed by atoms with E-state index >= 15 is 0 Å². The molecule has 0 atom stereocenters. The first-order chi connectivity index (χ1) is 57.8. The maximum atomic E-state index is 5.57. The number of rotatable bonds is 13. The molecule has 20 rings (SSSR count). The van der Waals surface area contributed by atoms with Gasteiger partial charge in [0.15, 0.2) is 0 Å². The first-order valence-corrected chi connectivity index (χ1v) is 40.3. The van der Waals surface area contributed by atoms with E-state index in [1.807, 2.05) is 0 Å². The third-order valence-electron chi connectivity index (χ3n) is 22.9. The summed E-state index contributed by atoms with van der Waals surface area (Å²) in [4.78, 5) is 45.5. The van der Waals surface area contributed by atoms with Crippen molar-refractivity contribution >= 4 is 91.5 Å². The molecule has 9 aliphatic rings. The molecule has 0 saturated carbocycles. The summed E-state index contributed by atoms with van der Waals surface area (Å²) in [6.07, 6.45) is 47.4. The number of aromatic nitrogens is 4. The summed E-state index contributed by atoms with van der Waals surface area (Å²) in [5.74, 6) is 0. The zero-order valence-corrected chi connectivity index (χ0v) is 66.5. The Balaban J connectivity index is 0.561. The van der Waals surface area contributed by atoms with E-state index in [4.69, 9.17) is 29.9 Å². The van der Waals surface area contributed by atoms with Crippen LogP contribution in [-0.4, -0.2) is 52.6 Å². The number of hydrogen-bond donors (Lipinski definition) is 2. The number of hydrogen-bond acceptors (Lipinski definition) is 8. The maximum absolute atomic E-state index is 5.57. The minimum atomic E-state index is 0.692. The molecule has 0 fully saturated rings. The van der Waals surface area contributed by atoms with Crippen molar-refractivity contribution < 1.29 is 0 Å². The van der Waals surface area contributed by atoms with Gasteiger partial charge in [-0.05, 0) is 230 Å². The Kier molecular flexibility index (Phi) is 18.5. The number of allylic oxidation sites excluding steroid dienone is 20. The predicted molar refractivity (Wildman–Crippen MR) is 493 cm³/mol. The van der Waals surface area contributed by atoms with Crippen molar-refractivity contribution in [3.8, 4) is 44.5 Å². The van der Waals surface area contributed by atoms with Gasteiger partial charge < -0.3 is 19.8 Å². The van der Waals surface area contributed by atoms with Crippen LogP contribution in [0.5, 0.6) is 0 Å². The molecule has 12 heterocycles. The quantitative estimate of drug-likeness (QED) is 0.120. The lowest BCUT2D eigenvalue weighted by Crippen LogP contribution is -2.11. The molecule has 0 amide bonds. The highest BCUT2D eigenvalue weighted by Gasteiger charge is 2.29. The van der Waals surface area contributed by atoms with Gasteiger partial charge in [-0.25, -0.2) is 29.9 Å². The fourth-order valence-electron chi connectivity index (χ4n) is 16.6. The van der Waals surface area contributed by atoms with E-state index in [0.717, 1.165) is 191 Å². The average molecular weight is 1520 g/mol. The molecule has 564 valence electrons. The van der Waals surface area contributed by atoms with E-state index in [1.54, 1.807) is 0 Å². The molecule has 0 aliphatic carbocycles. The van der Waals surface area contributed by atoms with Crippen molar-refractivity contribution in [3.63, 3.8) is 0 Å². The van der Waals surface area contributed by atoms with Crippen LogP contribution in [0.25, 0.3) is 113 Å². The Morgan fingerprint density at radius 3 is 0.771 bits per heavy atom. The zero-order valence-electron chi connectivity index (χ0n) is 66.5. The summed E-state index contributed by atoms with van der Waals surface area (Å²) in [6.45, 7) is 14.1. The number of fused-ring (bicyclic) bond motifs is 12. The molecule has 10 heteroatoms. The minimum absolute atomic E-state index is 0.692. The van der Waals surface area contributed by atoms with Crippen LogP contribution >= 0.6 is 0 Å². The standard InChI is InChI=1S/C108H82N10/c1-67-7-25-77(26-8-67)101-85-41-45-89(109-85)103(79-29-11-69(3)12-30-79)93-49-53-97(113-93)107(98-54-50-94(114-98)104(90-46-42-86(101)110-90)80-31-13-70(4)14-32-80)83-37-21-75(22-38-83)65-117-61-57-73(58-62-117)19-20-74-59-63-118(64-60-74)66-76-23-39-84(40-24-76)108-99-55-51-95(115-99)105(81-33-15-71(5)16-34-81)91-47-43-87(111-91)102(78-27-9-68(2)10-28-78)88-44-48-92(112-88)106(96-52-56-100(108)116-96)82-35-17-72(6)18-36-82/h7-64,109,113H,65-66H2,1-6H3. The number of aliphatic imine (C=N–C) groups is 4. The van der Waals surface area contributed by atoms with Gasteiger partial charge in [0.05, 0.1) is 68.4 Å². The topological polar surface area (TPSA) is 113 Å². The van der Waals surface area contributed by atoms with Crippen LogP contribution in [0, 0.1) is 41.5 Å². The van der Waals surface area contributed by atoms with Crippen molar-refractivity contribution in [1.82, 2.24) is 29.7 Å². The second kappa shape index (κ2) is 30.4. The van der Waals surface area contributed by atoms with Gasteiger partial charge in [0.2, 0.25) is 0 Å². The molecule has 2 N–H and O–H groups in total. The van der Waals surface area contributed by atoms with E-state index in [9.17, 15) is 0 Å². The fraction of sp³-hybridized carbons (Fsp3) is 0.0741. The number of nitrogens with zero attached hydrogens (tertiary/aromatic N) is 8. The zero-order chi connectivity index (χ0) is 79.5. The van der Waals surface area contributed by atoms with Crippen molar-refractivity contribution in [2.75, 3.05) is 0 Å². The second-order valence-electron chi connectivity index (χ2n) is 31.4. The smallest absolute Gasteiger partial charge is 0.0738 e. The summed E-state index contributed by atoms with van der Waals surface area (Å²) in [7, 11) is 0. The van der Waals surface area contributed by atoms with Gasteiger partial charge >= 0.3 is 0 Å². The van der Waals surface area contributed by atoms with Crippen LogP contribution in [-0.2, 0) is 13.1 Å². The molecular weight excluding hydrogens is 1440 g/mol. The van der Waals surface area contributed by atoms with E-state index < -0.39 is 0 Å². The van der Waals surface area contributed by atoms with E-state index in [1.165, 1.54) is 44.5 Å². The summed E-state index contributed by atoms with van der Waals surface area (Å²) in [6, 6.07) is 78.9. The molecule has 10 nitrogen and oxygen atoms in total. The van der Waals surface area contributed by atoms with Gasteiger partial charge in [0.25, 0.3) is 0 Å². The molecule has 11 aromatic rings. The Morgan fingerprint density at radius 1 is 0.237 bits per heavy atom. The van der Waals surface area contributed by atoms with Gasteiger partial charge in [-0.1, -0.05) is 240 Å². The summed E-state index contributed by atoms with van der Waals surface area (Å²) in [5.41, 5.74) is 42.1. The first-order valence-electron chi connectivity index (χ1n) is 40.3. The number of benzene rings is 8.